The average Bonchev–Trinajstić information content (AvgIpc) is 3.05. The van der Waals surface area contributed by atoms with Gasteiger partial charge < -0.3 is 13.9 Å². The number of amides is 1. The zero-order valence-corrected chi connectivity index (χ0v) is 16.2. The van der Waals surface area contributed by atoms with Gasteiger partial charge in [0.05, 0.1) is 13.7 Å². The molecule has 0 unspecified atom stereocenters. The summed E-state index contributed by atoms with van der Waals surface area (Å²) in [4.78, 5) is 24.0. The van der Waals surface area contributed by atoms with Crippen LogP contribution in [0.3, 0.4) is 0 Å². The highest BCUT2D eigenvalue weighted by Crippen LogP contribution is 2.27. The van der Waals surface area contributed by atoms with E-state index < -0.39 is 5.97 Å². The Kier molecular flexibility index (Phi) is 6.15. The second-order valence-corrected chi connectivity index (χ2v) is 6.35. The predicted molar refractivity (Wildman–Crippen MR) is 107 cm³/mol. The van der Waals surface area contributed by atoms with Crippen LogP contribution < -0.4 is 10.1 Å². The standard InChI is InChI=1S/C22H20N2O5/c1-14-20(22(26)27-2)18(13-23)21(29-14)24-19(25)8-5-11-28-17-10-9-15-6-3-4-7-16(15)12-17/h3-4,6-7,9-10,12H,5,8,11H2,1-2H3,(H,24,25). The Morgan fingerprint density at radius 3 is 2.66 bits per heavy atom. The van der Waals surface area contributed by atoms with E-state index in [0.29, 0.717) is 13.0 Å². The normalized spacial score (nSPS) is 10.4. The zero-order chi connectivity index (χ0) is 20.8. The molecule has 1 N–H and O–H groups in total. The van der Waals surface area contributed by atoms with Crippen molar-refractivity contribution in [2.24, 2.45) is 0 Å². The lowest BCUT2D eigenvalue weighted by Gasteiger charge is -2.07. The maximum atomic E-state index is 12.2. The highest BCUT2D eigenvalue weighted by molar-refractivity contribution is 5.98. The molecule has 0 saturated carbocycles. The van der Waals surface area contributed by atoms with Crippen molar-refractivity contribution < 1.29 is 23.5 Å². The Bertz CT molecular complexity index is 1090. The Labute approximate surface area is 167 Å². The Hall–Kier alpha value is -3.79. The second kappa shape index (κ2) is 8.93. The number of esters is 1. The summed E-state index contributed by atoms with van der Waals surface area (Å²) in [7, 11) is 1.21. The highest BCUT2D eigenvalue weighted by Gasteiger charge is 2.25. The molecule has 148 valence electrons. The van der Waals surface area contributed by atoms with Gasteiger partial charge in [0.15, 0.2) is 0 Å². The summed E-state index contributed by atoms with van der Waals surface area (Å²) in [6.07, 6.45) is 0.649. The fraction of sp³-hybridized carbons (Fsp3) is 0.227. The summed E-state index contributed by atoms with van der Waals surface area (Å²) < 4.78 is 15.7. The molecule has 0 bridgehead atoms. The summed E-state index contributed by atoms with van der Waals surface area (Å²) in [6.45, 7) is 1.89. The first-order valence-electron chi connectivity index (χ1n) is 9.06. The van der Waals surface area contributed by atoms with Crippen molar-refractivity contribution >= 4 is 28.5 Å². The minimum atomic E-state index is -0.688. The molecule has 0 saturated heterocycles. The fourth-order valence-electron chi connectivity index (χ4n) is 2.96. The molecule has 7 nitrogen and oxygen atoms in total. The van der Waals surface area contributed by atoms with Gasteiger partial charge in [-0.3, -0.25) is 10.1 Å². The molecular weight excluding hydrogens is 372 g/mol. The number of furan rings is 1. The van der Waals surface area contributed by atoms with E-state index >= 15 is 0 Å². The molecular formula is C22H20N2O5. The summed E-state index contributed by atoms with van der Waals surface area (Å²) >= 11 is 0. The van der Waals surface area contributed by atoms with Gasteiger partial charge in [-0.1, -0.05) is 30.3 Å². The molecule has 2 aromatic carbocycles. The molecule has 0 spiro atoms. The number of anilines is 1. The monoisotopic (exact) mass is 392 g/mol. The molecule has 3 rings (SSSR count). The number of carbonyl (C=O) groups is 2. The fourth-order valence-corrected chi connectivity index (χ4v) is 2.96. The summed E-state index contributed by atoms with van der Waals surface area (Å²) in [5, 5.41) is 14.0. The molecule has 29 heavy (non-hydrogen) atoms. The molecule has 0 aliphatic carbocycles. The molecule has 3 aromatic rings. The van der Waals surface area contributed by atoms with Gasteiger partial charge >= 0.3 is 5.97 Å². The number of hydrogen-bond donors (Lipinski definition) is 1. The molecule has 1 heterocycles. The average molecular weight is 392 g/mol. The Morgan fingerprint density at radius 2 is 1.93 bits per heavy atom. The van der Waals surface area contributed by atoms with Gasteiger partial charge in [0.25, 0.3) is 0 Å². The van der Waals surface area contributed by atoms with Gasteiger partial charge in [-0.15, -0.1) is 0 Å². The van der Waals surface area contributed by atoms with Crippen LogP contribution in [0.4, 0.5) is 5.88 Å². The summed E-state index contributed by atoms with van der Waals surface area (Å²) in [5.41, 5.74) is -0.0277. The smallest absolute Gasteiger partial charge is 0.342 e. The lowest BCUT2D eigenvalue weighted by molar-refractivity contribution is -0.116. The zero-order valence-electron chi connectivity index (χ0n) is 16.2. The number of rotatable bonds is 7. The summed E-state index contributed by atoms with van der Waals surface area (Å²) in [5.74, 6) is -0.129. The largest absolute Gasteiger partial charge is 0.494 e. The molecule has 0 aliphatic rings. The second-order valence-electron chi connectivity index (χ2n) is 6.35. The van der Waals surface area contributed by atoms with Crippen molar-refractivity contribution in [2.45, 2.75) is 19.8 Å². The van der Waals surface area contributed by atoms with E-state index in [1.54, 1.807) is 0 Å². The first kappa shape index (κ1) is 20.0. The van der Waals surface area contributed by atoms with Gasteiger partial charge in [0, 0.05) is 6.42 Å². The lowest BCUT2D eigenvalue weighted by atomic mass is 10.1. The van der Waals surface area contributed by atoms with Crippen LogP contribution in [-0.4, -0.2) is 25.6 Å². The Morgan fingerprint density at radius 1 is 1.17 bits per heavy atom. The van der Waals surface area contributed by atoms with E-state index in [-0.39, 0.29) is 35.1 Å². The number of methoxy groups -OCH3 is 1. The van der Waals surface area contributed by atoms with E-state index in [9.17, 15) is 14.9 Å². The lowest BCUT2D eigenvalue weighted by Crippen LogP contribution is -2.13. The number of carbonyl (C=O) groups excluding carboxylic acids is 2. The van der Waals surface area contributed by atoms with E-state index in [1.165, 1.54) is 14.0 Å². The van der Waals surface area contributed by atoms with Crippen molar-refractivity contribution in [1.29, 1.82) is 5.26 Å². The van der Waals surface area contributed by atoms with Crippen LogP contribution >= 0.6 is 0 Å². The quantitative estimate of drug-likeness (QED) is 0.478. The molecule has 0 atom stereocenters. The van der Waals surface area contributed by atoms with Gasteiger partial charge in [0.2, 0.25) is 11.8 Å². The minimum absolute atomic E-state index is 0.0185. The van der Waals surface area contributed by atoms with Crippen LogP contribution in [-0.2, 0) is 9.53 Å². The topological polar surface area (TPSA) is 102 Å². The number of hydrogen-bond acceptors (Lipinski definition) is 6. The van der Waals surface area contributed by atoms with Gasteiger partial charge in [-0.25, -0.2) is 4.79 Å². The van der Waals surface area contributed by atoms with Crippen molar-refractivity contribution in [3.05, 3.63) is 59.4 Å². The van der Waals surface area contributed by atoms with E-state index in [4.69, 9.17) is 9.15 Å². The molecule has 7 heteroatoms. The van der Waals surface area contributed by atoms with Gasteiger partial charge in [0.1, 0.15) is 28.7 Å². The molecule has 0 radical (unpaired) electrons. The molecule has 0 fully saturated rings. The van der Waals surface area contributed by atoms with Crippen LogP contribution in [0.5, 0.6) is 5.75 Å². The van der Waals surface area contributed by atoms with Gasteiger partial charge in [-0.05, 0) is 36.2 Å². The minimum Gasteiger partial charge on any atom is -0.494 e. The van der Waals surface area contributed by atoms with E-state index in [1.807, 2.05) is 48.5 Å². The third kappa shape index (κ3) is 4.55. The van der Waals surface area contributed by atoms with Crippen LogP contribution in [0.15, 0.2) is 46.9 Å². The first-order valence-corrected chi connectivity index (χ1v) is 9.06. The maximum Gasteiger partial charge on any atom is 0.342 e. The van der Waals surface area contributed by atoms with Crippen molar-refractivity contribution in [1.82, 2.24) is 0 Å². The van der Waals surface area contributed by atoms with Crippen LogP contribution in [0, 0.1) is 18.3 Å². The third-order valence-electron chi connectivity index (χ3n) is 4.38. The van der Waals surface area contributed by atoms with Crippen molar-refractivity contribution in [3.63, 3.8) is 0 Å². The first-order chi connectivity index (χ1) is 14.0. The number of aryl methyl sites for hydroxylation is 1. The predicted octanol–water partition coefficient (Wildman–Crippen LogP) is 4.20. The van der Waals surface area contributed by atoms with Crippen LogP contribution in [0.1, 0.15) is 34.5 Å². The summed E-state index contributed by atoms with van der Waals surface area (Å²) in [6, 6.07) is 15.7. The van der Waals surface area contributed by atoms with E-state index in [0.717, 1.165) is 16.5 Å². The Balaban J connectivity index is 1.54. The number of nitrogens with one attached hydrogen (secondary N) is 1. The van der Waals surface area contributed by atoms with Gasteiger partial charge in [-0.2, -0.15) is 5.26 Å². The molecule has 1 amide bonds. The van der Waals surface area contributed by atoms with Crippen LogP contribution in [0.25, 0.3) is 10.8 Å². The van der Waals surface area contributed by atoms with Crippen LogP contribution in [0.2, 0.25) is 0 Å². The molecule has 1 aromatic heterocycles. The van der Waals surface area contributed by atoms with E-state index in [2.05, 4.69) is 10.1 Å². The number of fused-ring (bicyclic) bond motifs is 1. The number of nitrogens with zero attached hydrogens (tertiary/aromatic N) is 1. The molecule has 0 aliphatic heterocycles. The van der Waals surface area contributed by atoms with Crippen molar-refractivity contribution in [3.8, 4) is 11.8 Å². The highest BCUT2D eigenvalue weighted by atomic mass is 16.5. The van der Waals surface area contributed by atoms with Crippen molar-refractivity contribution in [2.75, 3.05) is 19.0 Å². The number of ether oxygens (including phenoxy) is 2. The number of nitriles is 1. The maximum absolute atomic E-state index is 12.2. The third-order valence-corrected chi connectivity index (χ3v) is 4.38. The number of benzene rings is 2. The SMILES string of the molecule is COC(=O)c1c(C)oc(NC(=O)CCCOc2ccc3ccccc3c2)c1C#N.